The smallest absolute Gasteiger partial charge is 0.255 e. The van der Waals surface area contributed by atoms with Crippen molar-refractivity contribution in [2.24, 2.45) is 17.6 Å². The van der Waals surface area contributed by atoms with E-state index >= 15 is 0 Å². The number of aliphatic hydroxyl groups is 2. The maximum atomic E-state index is 14.0. The van der Waals surface area contributed by atoms with Crippen molar-refractivity contribution >= 4 is 29.0 Å². The zero-order valence-electron chi connectivity index (χ0n) is 18.8. The predicted octanol–water partition coefficient (Wildman–Crippen LogP) is 1.12. The largest absolute Gasteiger partial charge is 0.508 e. The van der Waals surface area contributed by atoms with Crippen LogP contribution in [0.15, 0.2) is 35.1 Å². The molecule has 0 heterocycles. The highest BCUT2D eigenvalue weighted by atomic mass is 16.5. The fourth-order valence-electron chi connectivity index (χ4n) is 5.82. The van der Waals surface area contributed by atoms with E-state index in [4.69, 9.17) is 10.5 Å². The van der Waals surface area contributed by atoms with Crippen LogP contribution in [0.25, 0.3) is 5.76 Å². The predicted molar refractivity (Wildman–Crippen MR) is 117 cm³/mol. The van der Waals surface area contributed by atoms with Crippen molar-refractivity contribution in [2.45, 2.75) is 31.4 Å². The van der Waals surface area contributed by atoms with Crippen molar-refractivity contribution in [3.8, 4) is 0 Å². The van der Waals surface area contributed by atoms with Crippen LogP contribution in [-0.4, -0.2) is 71.2 Å². The highest BCUT2D eigenvalue weighted by molar-refractivity contribution is 6.24. The summed E-state index contributed by atoms with van der Waals surface area (Å²) >= 11 is 0. The van der Waals surface area contributed by atoms with Crippen LogP contribution in [0, 0.1) is 11.8 Å². The van der Waals surface area contributed by atoms with Crippen LogP contribution in [0.4, 0.5) is 0 Å². The lowest BCUT2D eigenvalue weighted by Crippen LogP contribution is -2.66. The van der Waals surface area contributed by atoms with Gasteiger partial charge in [0.15, 0.2) is 17.2 Å². The fraction of sp³-hybridized carbons (Fsp3) is 0.417. The molecule has 4 rings (SSSR count). The van der Waals surface area contributed by atoms with Crippen molar-refractivity contribution in [3.05, 3.63) is 51.8 Å². The normalized spacial score (nSPS) is 29.1. The first kappa shape index (κ1) is 22.9. The Hall–Kier alpha value is -3.30. The number of nitrogens with two attached hydrogens (primary N) is 1. The third-order valence-corrected chi connectivity index (χ3v) is 7.18. The molecule has 1 fully saturated rings. The van der Waals surface area contributed by atoms with E-state index in [1.807, 2.05) is 0 Å². The van der Waals surface area contributed by atoms with Gasteiger partial charge in [-0.1, -0.05) is 18.2 Å². The number of fused-ring (bicyclic) bond motifs is 3. The molecule has 4 atom stereocenters. The minimum absolute atomic E-state index is 0.0449. The fourth-order valence-corrected chi connectivity index (χ4v) is 5.82. The van der Waals surface area contributed by atoms with E-state index in [0.717, 1.165) is 0 Å². The molecule has 0 radical (unpaired) electrons. The molecule has 0 unspecified atom stereocenters. The third-order valence-electron chi connectivity index (χ3n) is 7.18. The van der Waals surface area contributed by atoms with Gasteiger partial charge in [-0.2, -0.15) is 0 Å². The quantitative estimate of drug-likeness (QED) is 0.453. The molecule has 0 aromatic heterocycles. The standard InChI is InChI=1S/C24H26N2O7/c1-10(27)12-6-5-7-13-14(12)8-11-9-15-18(26(2)3)20(29)17(23(25)32)22(31)24(15,33-4)21(30)16(11)19(13)28/h5-7,11,15,18,28,31H,8-9H2,1-4H3,(H2,25,32)/t11-,15-,18-,24-/m0/s1. The summed E-state index contributed by atoms with van der Waals surface area (Å²) in [5.41, 5.74) is 4.17. The first-order valence-corrected chi connectivity index (χ1v) is 10.6. The Bertz CT molecular complexity index is 1180. The first-order chi connectivity index (χ1) is 15.5. The van der Waals surface area contributed by atoms with Gasteiger partial charge < -0.3 is 20.7 Å². The zero-order valence-corrected chi connectivity index (χ0v) is 18.8. The van der Waals surface area contributed by atoms with Gasteiger partial charge in [-0.15, -0.1) is 0 Å². The summed E-state index contributed by atoms with van der Waals surface area (Å²) in [5.74, 6) is -5.22. The number of hydrogen-bond acceptors (Lipinski definition) is 8. The Morgan fingerprint density at radius 2 is 1.88 bits per heavy atom. The SMILES string of the molecule is CO[C@]12C(=O)C3=C(O)c4cccc(C(C)=O)c4C[C@H]3C[C@H]1[C@H](N(C)C)C(=O)C(C(N)=O)=C2O. The molecule has 3 aliphatic carbocycles. The Morgan fingerprint density at radius 1 is 1.21 bits per heavy atom. The molecule has 0 bridgehead atoms. The molecule has 1 saturated carbocycles. The summed E-state index contributed by atoms with van der Waals surface area (Å²) in [4.78, 5) is 53.0. The lowest BCUT2D eigenvalue weighted by molar-refractivity contribution is -0.159. The molecule has 9 heteroatoms. The molecule has 4 N–H and O–H groups in total. The second-order valence-electron chi connectivity index (χ2n) is 9.02. The van der Waals surface area contributed by atoms with Crippen molar-refractivity contribution in [2.75, 3.05) is 21.2 Å². The van der Waals surface area contributed by atoms with Gasteiger partial charge in [0.1, 0.15) is 17.1 Å². The number of rotatable bonds is 4. The number of carbonyl (C=O) groups is 4. The van der Waals surface area contributed by atoms with Crippen LogP contribution < -0.4 is 5.73 Å². The van der Waals surface area contributed by atoms with E-state index in [0.29, 0.717) is 23.1 Å². The number of primary amides is 1. The zero-order chi connectivity index (χ0) is 24.4. The number of benzene rings is 1. The van der Waals surface area contributed by atoms with Gasteiger partial charge in [0.2, 0.25) is 5.78 Å². The number of hydrogen-bond donors (Lipinski definition) is 3. The average molecular weight is 454 g/mol. The number of Topliss-reactive ketones (excluding diaryl/α,β-unsaturated/α-hetero) is 3. The van der Waals surface area contributed by atoms with Gasteiger partial charge >= 0.3 is 0 Å². The number of likely N-dealkylation sites (N-methyl/N-ethyl adjacent to an activating group) is 1. The number of carbonyl (C=O) groups excluding carboxylic acids is 4. The Labute approximate surface area is 190 Å². The van der Waals surface area contributed by atoms with Crippen LogP contribution in [-0.2, 0) is 25.5 Å². The number of methoxy groups -OCH3 is 1. The van der Waals surface area contributed by atoms with Crippen LogP contribution in [0.1, 0.15) is 34.8 Å². The van der Waals surface area contributed by atoms with Crippen molar-refractivity contribution in [3.63, 3.8) is 0 Å². The minimum Gasteiger partial charge on any atom is -0.508 e. The maximum Gasteiger partial charge on any atom is 0.255 e. The van der Waals surface area contributed by atoms with Gasteiger partial charge in [-0.25, -0.2) is 0 Å². The van der Waals surface area contributed by atoms with Crippen molar-refractivity contribution in [1.82, 2.24) is 4.90 Å². The molecule has 1 amide bonds. The van der Waals surface area contributed by atoms with Crippen LogP contribution in [0.3, 0.4) is 0 Å². The monoisotopic (exact) mass is 454 g/mol. The van der Waals surface area contributed by atoms with Crippen molar-refractivity contribution < 1.29 is 34.1 Å². The van der Waals surface area contributed by atoms with E-state index in [9.17, 15) is 29.4 Å². The third kappa shape index (κ3) is 2.92. The van der Waals surface area contributed by atoms with Crippen LogP contribution >= 0.6 is 0 Å². The van der Waals surface area contributed by atoms with Gasteiger partial charge in [0, 0.05) is 29.7 Å². The Morgan fingerprint density at radius 3 is 2.42 bits per heavy atom. The van der Waals surface area contributed by atoms with Gasteiger partial charge in [-0.3, -0.25) is 24.1 Å². The number of aliphatic hydroxyl groups excluding tert-OH is 2. The molecule has 33 heavy (non-hydrogen) atoms. The topological polar surface area (TPSA) is 147 Å². The lowest BCUT2D eigenvalue weighted by Gasteiger charge is -2.51. The van der Waals surface area contributed by atoms with E-state index < -0.39 is 52.3 Å². The minimum atomic E-state index is -2.05. The number of nitrogens with zero attached hydrogens (tertiary/aromatic N) is 1. The summed E-state index contributed by atoms with van der Waals surface area (Å²) in [7, 11) is 4.47. The molecular weight excluding hydrogens is 428 g/mol. The second kappa shape index (κ2) is 7.64. The summed E-state index contributed by atoms with van der Waals surface area (Å²) < 4.78 is 5.62. The summed E-state index contributed by atoms with van der Waals surface area (Å²) in [5, 5.41) is 22.2. The van der Waals surface area contributed by atoms with E-state index in [1.54, 1.807) is 37.2 Å². The van der Waals surface area contributed by atoms with Gasteiger partial charge in [-0.05, 0) is 45.3 Å². The Kier molecular flexibility index (Phi) is 5.29. The number of ether oxygens (including phenoxy) is 1. The highest BCUT2D eigenvalue weighted by Gasteiger charge is 2.65. The first-order valence-electron chi connectivity index (χ1n) is 10.6. The molecular formula is C24H26N2O7. The molecule has 9 nitrogen and oxygen atoms in total. The van der Waals surface area contributed by atoms with E-state index in [-0.39, 0.29) is 23.5 Å². The van der Waals surface area contributed by atoms with Crippen molar-refractivity contribution in [1.29, 1.82) is 0 Å². The second-order valence-corrected chi connectivity index (χ2v) is 9.02. The average Bonchev–Trinajstić information content (AvgIpc) is 2.73. The van der Waals surface area contributed by atoms with E-state index in [2.05, 4.69) is 0 Å². The Balaban J connectivity index is 2.01. The summed E-state index contributed by atoms with van der Waals surface area (Å²) in [6.45, 7) is 1.43. The highest BCUT2D eigenvalue weighted by Crippen LogP contribution is 2.53. The van der Waals surface area contributed by atoms with Gasteiger partial charge in [0.05, 0.1) is 6.04 Å². The van der Waals surface area contributed by atoms with E-state index in [1.165, 1.54) is 14.0 Å². The van der Waals surface area contributed by atoms with Crippen LogP contribution in [0.5, 0.6) is 0 Å². The number of ketones is 3. The molecule has 1 aromatic rings. The van der Waals surface area contributed by atoms with Gasteiger partial charge in [0.25, 0.3) is 5.91 Å². The van der Waals surface area contributed by atoms with Crippen LogP contribution in [0.2, 0.25) is 0 Å². The summed E-state index contributed by atoms with van der Waals surface area (Å²) in [6.07, 6.45) is 0.489. The maximum absolute atomic E-state index is 14.0. The molecule has 1 aromatic carbocycles. The molecule has 0 saturated heterocycles. The molecule has 0 aliphatic heterocycles. The lowest BCUT2D eigenvalue weighted by atomic mass is 9.57. The molecule has 174 valence electrons. The number of amides is 1. The summed E-state index contributed by atoms with van der Waals surface area (Å²) in [6, 6.07) is 3.94. The molecule has 0 spiro atoms. The molecule has 3 aliphatic rings.